The molecule has 30 heavy (non-hydrogen) atoms. The van der Waals surface area contributed by atoms with Crippen molar-refractivity contribution in [2.45, 2.75) is 62.9 Å². The molecule has 0 radical (unpaired) electrons. The van der Waals surface area contributed by atoms with E-state index in [0.29, 0.717) is 16.8 Å². The number of amides is 1. The van der Waals surface area contributed by atoms with E-state index in [0.717, 1.165) is 42.6 Å². The molecule has 1 saturated heterocycles. The number of likely N-dealkylation sites (tertiary alicyclic amines) is 1. The quantitative estimate of drug-likeness (QED) is 0.574. The summed E-state index contributed by atoms with van der Waals surface area (Å²) in [5.74, 6) is 0.967. The van der Waals surface area contributed by atoms with Crippen LogP contribution in [0.15, 0.2) is 28.7 Å². The number of carbonyl (C=O) groups excluding carboxylic acids is 2. The normalized spacial score (nSPS) is 18.6. The number of furan rings is 1. The number of para-hydroxylation sites is 1. The number of fused-ring (bicyclic) bond motifs is 1. The van der Waals surface area contributed by atoms with Crippen LogP contribution >= 0.6 is 11.8 Å². The van der Waals surface area contributed by atoms with Gasteiger partial charge in [-0.15, -0.1) is 0 Å². The summed E-state index contributed by atoms with van der Waals surface area (Å²) in [4.78, 5) is 27.1. The Bertz CT molecular complexity index is 878. The number of piperidine rings is 1. The highest BCUT2D eigenvalue weighted by Crippen LogP contribution is 2.35. The van der Waals surface area contributed by atoms with Crippen LogP contribution in [-0.4, -0.2) is 41.7 Å². The summed E-state index contributed by atoms with van der Waals surface area (Å²) >= 11 is 1.91. The third-order valence-corrected chi connectivity index (χ3v) is 7.76. The van der Waals surface area contributed by atoms with Gasteiger partial charge in [0.15, 0.2) is 6.61 Å². The van der Waals surface area contributed by atoms with Gasteiger partial charge in [-0.3, -0.25) is 4.79 Å². The molecule has 2 aromatic rings. The molecule has 4 rings (SSSR count). The second-order valence-electron chi connectivity index (χ2n) is 8.62. The molecule has 1 aromatic carbocycles. The molecule has 0 N–H and O–H groups in total. The minimum atomic E-state index is -0.538. The lowest BCUT2D eigenvalue weighted by Gasteiger charge is -2.30. The maximum absolute atomic E-state index is 12.8. The molecule has 0 atom stereocenters. The van der Waals surface area contributed by atoms with Crippen LogP contribution in [-0.2, 0) is 15.3 Å². The van der Waals surface area contributed by atoms with Gasteiger partial charge < -0.3 is 14.1 Å². The second-order valence-corrected chi connectivity index (χ2v) is 9.91. The van der Waals surface area contributed by atoms with Crippen molar-refractivity contribution in [1.82, 2.24) is 4.90 Å². The zero-order valence-electron chi connectivity index (χ0n) is 17.7. The molecule has 5 nitrogen and oxygen atoms in total. The molecule has 2 fully saturated rings. The maximum Gasteiger partial charge on any atom is 0.375 e. The number of hydrogen-bond donors (Lipinski definition) is 0. The Labute approximate surface area is 182 Å². The maximum atomic E-state index is 12.8. The smallest absolute Gasteiger partial charge is 0.375 e. The molecular formula is C24H31NO4S. The van der Waals surface area contributed by atoms with E-state index < -0.39 is 5.97 Å². The molecule has 1 aliphatic carbocycles. The molecule has 1 aromatic heterocycles. The fourth-order valence-corrected chi connectivity index (χ4v) is 5.74. The molecule has 1 aliphatic heterocycles. The second kappa shape index (κ2) is 9.90. The van der Waals surface area contributed by atoms with Crippen LogP contribution in [0.4, 0.5) is 0 Å². The van der Waals surface area contributed by atoms with Crippen molar-refractivity contribution < 1.29 is 18.7 Å². The van der Waals surface area contributed by atoms with E-state index in [2.05, 4.69) is 6.92 Å². The van der Waals surface area contributed by atoms with Gasteiger partial charge in [-0.2, -0.15) is 11.8 Å². The van der Waals surface area contributed by atoms with E-state index in [1.165, 1.54) is 32.1 Å². The van der Waals surface area contributed by atoms with Crippen molar-refractivity contribution >= 4 is 34.6 Å². The Kier molecular flexibility index (Phi) is 7.03. The van der Waals surface area contributed by atoms with Crippen LogP contribution in [0.5, 0.6) is 0 Å². The van der Waals surface area contributed by atoms with E-state index in [4.69, 9.17) is 9.15 Å². The zero-order chi connectivity index (χ0) is 20.9. The van der Waals surface area contributed by atoms with Gasteiger partial charge in [-0.25, -0.2) is 4.79 Å². The number of thioether (sulfide) groups is 1. The minimum Gasteiger partial charge on any atom is -0.450 e. The largest absolute Gasteiger partial charge is 0.450 e. The SMILES string of the molecule is CC1CCN(C(=O)COC(=O)c2oc3ccccc3c2CSC2CCCCC2)CC1. The molecule has 0 bridgehead atoms. The molecule has 2 aliphatic rings. The fraction of sp³-hybridized carbons (Fsp3) is 0.583. The van der Waals surface area contributed by atoms with Crippen LogP contribution in [0.3, 0.4) is 0 Å². The number of benzene rings is 1. The third-order valence-electron chi connectivity index (χ3n) is 6.36. The van der Waals surface area contributed by atoms with Crippen LogP contribution in [0, 0.1) is 5.92 Å². The predicted molar refractivity (Wildman–Crippen MR) is 120 cm³/mol. The summed E-state index contributed by atoms with van der Waals surface area (Å²) in [5, 5.41) is 1.60. The van der Waals surface area contributed by atoms with Crippen molar-refractivity contribution in [2.75, 3.05) is 19.7 Å². The highest BCUT2D eigenvalue weighted by Gasteiger charge is 2.26. The van der Waals surface area contributed by atoms with Crippen LogP contribution in [0.2, 0.25) is 0 Å². The molecule has 0 unspecified atom stereocenters. The standard InChI is InChI=1S/C24H31NO4S/c1-17-11-13-25(14-12-17)22(26)15-28-24(27)23-20(16-30-18-7-3-2-4-8-18)19-9-5-6-10-21(19)29-23/h5-6,9-10,17-18H,2-4,7-8,11-16H2,1H3. The van der Waals surface area contributed by atoms with Crippen molar-refractivity contribution in [3.63, 3.8) is 0 Å². The Morgan fingerprint density at radius 2 is 1.83 bits per heavy atom. The van der Waals surface area contributed by atoms with Gasteiger partial charge in [0.1, 0.15) is 5.58 Å². The number of hydrogen-bond acceptors (Lipinski definition) is 5. The summed E-state index contributed by atoms with van der Waals surface area (Å²) < 4.78 is 11.3. The monoisotopic (exact) mass is 429 g/mol. The van der Waals surface area contributed by atoms with Gasteiger partial charge in [-0.1, -0.05) is 44.4 Å². The van der Waals surface area contributed by atoms with Crippen molar-refractivity contribution in [2.24, 2.45) is 5.92 Å². The van der Waals surface area contributed by atoms with Crippen molar-refractivity contribution in [3.05, 3.63) is 35.6 Å². The number of esters is 1. The Balaban J connectivity index is 1.42. The first-order chi connectivity index (χ1) is 14.6. The molecule has 1 amide bonds. The highest BCUT2D eigenvalue weighted by molar-refractivity contribution is 7.99. The molecule has 2 heterocycles. The van der Waals surface area contributed by atoms with Gasteiger partial charge in [0.2, 0.25) is 5.76 Å². The first kappa shape index (κ1) is 21.3. The van der Waals surface area contributed by atoms with Crippen LogP contribution in [0.1, 0.15) is 68.0 Å². The van der Waals surface area contributed by atoms with Gasteiger partial charge in [0.25, 0.3) is 5.91 Å². The summed E-state index contributed by atoms with van der Waals surface area (Å²) in [5.41, 5.74) is 1.59. The van der Waals surface area contributed by atoms with Crippen molar-refractivity contribution in [1.29, 1.82) is 0 Å². The first-order valence-electron chi connectivity index (χ1n) is 11.2. The molecular weight excluding hydrogens is 398 g/mol. The number of rotatable bonds is 6. The highest BCUT2D eigenvalue weighted by atomic mass is 32.2. The van der Waals surface area contributed by atoms with Gasteiger partial charge >= 0.3 is 5.97 Å². The predicted octanol–water partition coefficient (Wildman–Crippen LogP) is 5.41. The van der Waals surface area contributed by atoms with E-state index in [1.54, 1.807) is 4.90 Å². The molecule has 6 heteroatoms. The minimum absolute atomic E-state index is 0.121. The lowest BCUT2D eigenvalue weighted by atomic mass is 9.99. The zero-order valence-corrected chi connectivity index (χ0v) is 18.5. The van der Waals surface area contributed by atoms with Gasteiger partial charge in [-0.05, 0) is 37.7 Å². The summed E-state index contributed by atoms with van der Waals surface area (Å²) in [7, 11) is 0. The van der Waals surface area contributed by atoms with Gasteiger partial charge in [0, 0.05) is 35.0 Å². The number of nitrogens with zero attached hydrogens (tertiary/aromatic N) is 1. The number of carbonyl (C=O) groups is 2. The van der Waals surface area contributed by atoms with E-state index in [-0.39, 0.29) is 18.3 Å². The number of ether oxygens (including phenoxy) is 1. The molecule has 0 spiro atoms. The van der Waals surface area contributed by atoms with E-state index >= 15 is 0 Å². The lowest BCUT2D eigenvalue weighted by Crippen LogP contribution is -2.40. The summed E-state index contributed by atoms with van der Waals surface area (Å²) in [6.07, 6.45) is 8.39. The topological polar surface area (TPSA) is 59.8 Å². The Morgan fingerprint density at radius 1 is 1.10 bits per heavy atom. The molecule has 1 saturated carbocycles. The van der Waals surface area contributed by atoms with Crippen molar-refractivity contribution in [3.8, 4) is 0 Å². The Hall–Kier alpha value is -1.95. The third kappa shape index (κ3) is 5.02. The molecule has 162 valence electrons. The van der Waals surface area contributed by atoms with Crippen LogP contribution < -0.4 is 0 Å². The van der Waals surface area contributed by atoms with Crippen LogP contribution in [0.25, 0.3) is 11.0 Å². The lowest BCUT2D eigenvalue weighted by molar-refractivity contribution is -0.135. The Morgan fingerprint density at radius 3 is 2.60 bits per heavy atom. The average molecular weight is 430 g/mol. The average Bonchev–Trinajstić information content (AvgIpc) is 3.16. The van der Waals surface area contributed by atoms with E-state index in [9.17, 15) is 9.59 Å². The first-order valence-corrected chi connectivity index (χ1v) is 12.2. The van der Waals surface area contributed by atoms with Gasteiger partial charge in [0.05, 0.1) is 0 Å². The summed E-state index contributed by atoms with van der Waals surface area (Å²) in [6, 6.07) is 7.73. The summed E-state index contributed by atoms with van der Waals surface area (Å²) in [6.45, 7) is 3.46. The van der Waals surface area contributed by atoms with E-state index in [1.807, 2.05) is 36.0 Å². The fourth-order valence-electron chi connectivity index (χ4n) is 4.38.